The number of hydrogen-bond acceptors (Lipinski definition) is 3. The van der Waals surface area contributed by atoms with Crippen molar-refractivity contribution in [3.63, 3.8) is 0 Å². The minimum atomic E-state index is -4.56. The molecule has 0 atom stereocenters. The Balaban J connectivity index is 2.20. The van der Waals surface area contributed by atoms with Gasteiger partial charge in [-0.15, -0.1) is 0 Å². The molecule has 0 radical (unpaired) electrons. The summed E-state index contributed by atoms with van der Waals surface area (Å²) in [4.78, 5) is 0. The summed E-state index contributed by atoms with van der Waals surface area (Å²) in [6.45, 7) is 7.37. The predicted octanol–water partition coefficient (Wildman–Crippen LogP) is 6.38. The Morgan fingerprint density at radius 2 is 1.73 bits per heavy atom. The third-order valence-corrected chi connectivity index (χ3v) is 5.15. The fourth-order valence-corrected chi connectivity index (χ4v) is 3.90. The molecule has 0 aliphatic carbocycles. The molecule has 0 amide bonds. The first kappa shape index (κ1) is 22.7. The number of benzene rings is 2. The average molecular weight is 440 g/mol. The van der Waals surface area contributed by atoms with Gasteiger partial charge in [0.25, 0.3) is 0 Å². The molecule has 0 saturated carbocycles. The second-order valence-electron chi connectivity index (χ2n) is 8.36. The zero-order valence-corrected chi connectivity index (χ0v) is 18.1. The molecule has 30 heavy (non-hydrogen) atoms. The van der Waals surface area contributed by atoms with Crippen LogP contribution in [0.15, 0.2) is 42.6 Å². The van der Waals surface area contributed by atoms with Crippen molar-refractivity contribution in [3.05, 3.63) is 59.5 Å². The van der Waals surface area contributed by atoms with Gasteiger partial charge in [-0.1, -0.05) is 39.0 Å². The van der Waals surface area contributed by atoms with Gasteiger partial charge in [0.1, 0.15) is 5.82 Å². The molecule has 3 aromatic rings. The van der Waals surface area contributed by atoms with Crippen molar-refractivity contribution in [1.29, 1.82) is 0 Å². The van der Waals surface area contributed by atoms with Crippen molar-refractivity contribution in [2.75, 3.05) is 7.05 Å². The van der Waals surface area contributed by atoms with E-state index in [1.165, 1.54) is 42.5 Å². The maximum absolute atomic E-state index is 15.1. The maximum Gasteiger partial charge on any atom is 0.417 e. The topological polar surface area (TPSA) is 29.0 Å². The highest BCUT2D eigenvalue weighted by Crippen LogP contribution is 2.39. The summed E-state index contributed by atoms with van der Waals surface area (Å²) in [6.07, 6.45) is -2.62. The van der Waals surface area contributed by atoms with Crippen LogP contribution in [0.3, 0.4) is 0 Å². The summed E-state index contributed by atoms with van der Waals surface area (Å²) < 4.78 is 63.7. The van der Waals surface area contributed by atoms with E-state index < -0.39 is 17.6 Å². The predicted molar refractivity (Wildman–Crippen MR) is 115 cm³/mol. The zero-order chi connectivity index (χ0) is 22.1. The first-order chi connectivity index (χ1) is 14.0. The monoisotopic (exact) mass is 439 g/mol. The highest BCUT2D eigenvalue weighted by Gasteiger charge is 2.34. The molecule has 3 nitrogen and oxygen atoms in total. The molecule has 0 saturated heterocycles. The quantitative estimate of drug-likeness (QED) is 0.265. The lowest BCUT2D eigenvalue weighted by atomic mass is 9.96. The Bertz CT molecular complexity index is 1040. The average Bonchev–Trinajstić information content (AvgIpc) is 2.95. The van der Waals surface area contributed by atoms with E-state index in [2.05, 4.69) is 30.2 Å². The van der Waals surface area contributed by atoms with Crippen LogP contribution in [0.1, 0.15) is 31.9 Å². The molecule has 1 heterocycles. The maximum atomic E-state index is 15.1. The standard InChI is InChI=1S/C22H25F4N3S/c1-21(2,3)13-29-12-14(11-28-30-27-4)16-9-19(23)17(10-20(16)29)15-7-5-6-8-18(15)22(24,25)26/h5-10,12,27-28H,11,13H2,1-4H3. The van der Waals surface area contributed by atoms with Gasteiger partial charge in [0, 0.05) is 47.9 Å². The molecule has 3 rings (SSSR count). The van der Waals surface area contributed by atoms with E-state index in [9.17, 15) is 13.2 Å². The third kappa shape index (κ3) is 4.99. The number of aromatic nitrogens is 1. The number of hydrogen-bond donors (Lipinski definition) is 2. The van der Waals surface area contributed by atoms with Crippen molar-refractivity contribution >= 4 is 23.0 Å². The lowest BCUT2D eigenvalue weighted by molar-refractivity contribution is -0.137. The highest BCUT2D eigenvalue weighted by atomic mass is 32.2. The molecule has 2 N–H and O–H groups in total. The van der Waals surface area contributed by atoms with Crippen molar-refractivity contribution < 1.29 is 17.6 Å². The zero-order valence-electron chi connectivity index (χ0n) is 17.3. The van der Waals surface area contributed by atoms with E-state index >= 15 is 4.39 Å². The van der Waals surface area contributed by atoms with Crippen LogP contribution in [0, 0.1) is 11.2 Å². The smallest absolute Gasteiger partial charge is 0.347 e. The van der Waals surface area contributed by atoms with Gasteiger partial charge >= 0.3 is 6.18 Å². The van der Waals surface area contributed by atoms with Crippen molar-refractivity contribution in [3.8, 4) is 11.1 Å². The van der Waals surface area contributed by atoms with Gasteiger partial charge in [-0.3, -0.25) is 4.72 Å². The summed E-state index contributed by atoms with van der Waals surface area (Å²) >= 11 is 1.31. The number of fused-ring (bicyclic) bond motifs is 1. The first-order valence-electron chi connectivity index (χ1n) is 9.54. The Morgan fingerprint density at radius 1 is 1.03 bits per heavy atom. The molecule has 2 aromatic carbocycles. The van der Waals surface area contributed by atoms with Gasteiger partial charge in [0.2, 0.25) is 0 Å². The van der Waals surface area contributed by atoms with E-state index in [0.717, 1.165) is 11.6 Å². The number of nitrogens with zero attached hydrogens (tertiary/aromatic N) is 1. The van der Waals surface area contributed by atoms with Crippen LogP contribution in [0.4, 0.5) is 17.6 Å². The van der Waals surface area contributed by atoms with Crippen LogP contribution in [-0.4, -0.2) is 11.6 Å². The van der Waals surface area contributed by atoms with Gasteiger partial charge in [-0.25, -0.2) is 9.11 Å². The largest absolute Gasteiger partial charge is 0.417 e. The van der Waals surface area contributed by atoms with Crippen LogP contribution >= 0.6 is 12.1 Å². The molecular formula is C22H25F4N3S. The van der Waals surface area contributed by atoms with Crippen molar-refractivity contribution in [2.45, 2.75) is 40.0 Å². The molecule has 0 bridgehead atoms. The summed E-state index contributed by atoms with van der Waals surface area (Å²) in [5, 5.41) is 0.689. The first-order valence-corrected chi connectivity index (χ1v) is 10.4. The van der Waals surface area contributed by atoms with Crippen LogP contribution < -0.4 is 9.44 Å². The Hall–Kier alpha value is -2.03. The fraction of sp³-hybridized carbons (Fsp3) is 0.364. The minimum Gasteiger partial charge on any atom is -0.347 e. The fourth-order valence-electron chi connectivity index (χ4n) is 3.52. The lowest BCUT2D eigenvalue weighted by Crippen LogP contribution is -2.15. The van der Waals surface area contributed by atoms with Gasteiger partial charge < -0.3 is 4.57 Å². The van der Waals surface area contributed by atoms with Crippen LogP contribution in [0.5, 0.6) is 0 Å². The normalized spacial score (nSPS) is 12.7. The van der Waals surface area contributed by atoms with Crippen LogP contribution in [-0.2, 0) is 19.3 Å². The van der Waals surface area contributed by atoms with Crippen LogP contribution in [0.2, 0.25) is 0 Å². The van der Waals surface area contributed by atoms with Gasteiger partial charge in [0.05, 0.1) is 5.56 Å². The van der Waals surface area contributed by atoms with Crippen molar-refractivity contribution in [2.24, 2.45) is 5.41 Å². The number of halogens is 4. The third-order valence-electron chi connectivity index (χ3n) is 4.66. The summed E-state index contributed by atoms with van der Waals surface area (Å²) in [6, 6.07) is 7.99. The lowest BCUT2D eigenvalue weighted by Gasteiger charge is -2.20. The second-order valence-corrected chi connectivity index (χ2v) is 9.26. The number of rotatable bonds is 6. The SMILES string of the molecule is CNSNCc1cn(CC(C)(C)C)c2cc(-c3ccccc3C(F)(F)F)c(F)cc12. The summed E-state index contributed by atoms with van der Waals surface area (Å²) in [5.41, 5.74) is 0.487. The molecule has 0 aliphatic heterocycles. The molecule has 162 valence electrons. The van der Waals surface area contributed by atoms with Gasteiger partial charge in [-0.05, 0) is 41.8 Å². The Kier molecular flexibility index (Phi) is 6.50. The van der Waals surface area contributed by atoms with E-state index in [1.54, 1.807) is 7.05 Å². The highest BCUT2D eigenvalue weighted by molar-refractivity contribution is 7.95. The van der Waals surface area contributed by atoms with Gasteiger partial charge in [0.15, 0.2) is 0 Å². The Labute approximate surface area is 178 Å². The minimum absolute atomic E-state index is 0.0483. The molecule has 0 aliphatic rings. The molecule has 8 heteroatoms. The van der Waals surface area contributed by atoms with E-state index in [-0.39, 0.29) is 16.5 Å². The van der Waals surface area contributed by atoms with E-state index in [4.69, 9.17) is 0 Å². The second kappa shape index (κ2) is 8.61. The number of nitrogens with one attached hydrogen (secondary N) is 2. The van der Waals surface area contributed by atoms with Crippen LogP contribution in [0.25, 0.3) is 22.0 Å². The van der Waals surface area contributed by atoms with Crippen molar-refractivity contribution in [1.82, 2.24) is 14.0 Å². The number of alkyl halides is 3. The molecule has 0 fully saturated rings. The molecule has 0 spiro atoms. The summed E-state index contributed by atoms with van der Waals surface area (Å²) in [5.74, 6) is -0.671. The molecule has 0 unspecified atom stereocenters. The van der Waals surface area contributed by atoms with E-state index in [1.807, 2.05) is 10.8 Å². The molecule has 1 aromatic heterocycles. The van der Waals surface area contributed by atoms with E-state index in [0.29, 0.717) is 24.0 Å². The Morgan fingerprint density at radius 3 is 2.37 bits per heavy atom. The van der Waals surface area contributed by atoms with Gasteiger partial charge in [-0.2, -0.15) is 13.2 Å². The summed E-state index contributed by atoms with van der Waals surface area (Å²) in [7, 11) is 1.78. The molecular weight excluding hydrogens is 414 g/mol.